The summed E-state index contributed by atoms with van der Waals surface area (Å²) in [5, 5.41) is 9.04. The Morgan fingerprint density at radius 2 is 2.24 bits per heavy atom. The van der Waals surface area contributed by atoms with Gasteiger partial charge in [0.15, 0.2) is 5.43 Å². The van der Waals surface area contributed by atoms with Crippen molar-refractivity contribution in [1.82, 2.24) is 9.38 Å². The Morgan fingerprint density at radius 3 is 2.81 bits per heavy atom. The zero-order valence-corrected chi connectivity index (χ0v) is 11.7. The molecular weight excluding hydrogens is 272 g/mol. The molecule has 1 aliphatic heterocycles. The van der Waals surface area contributed by atoms with Gasteiger partial charge in [0, 0.05) is 29.6 Å². The zero-order valence-electron chi connectivity index (χ0n) is 11.7. The van der Waals surface area contributed by atoms with Gasteiger partial charge in [-0.2, -0.15) is 0 Å². The standard InChI is InChI=1S/C15H16N2O4/c1-14-2-3-15(7-14,8-21-14)11-6-17-5-9(13(19)20)10(18)4-12(17)16-11/h4-6,16H,2-3,7-8H2,1H3,(H,19,20). The van der Waals surface area contributed by atoms with Gasteiger partial charge in [-0.05, 0) is 26.2 Å². The van der Waals surface area contributed by atoms with Gasteiger partial charge in [0.2, 0.25) is 0 Å². The Balaban J connectivity index is 1.85. The molecule has 2 N–H and O–H groups in total. The quantitative estimate of drug-likeness (QED) is 0.878. The summed E-state index contributed by atoms with van der Waals surface area (Å²) in [6.07, 6.45) is 6.30. The third-order valence-electron chi connectivity index (χ3n) is 4.95. The van der Waals surface area contributed by atoms with E-state index in [0.29, 0.717) is 12.3 Å². The minimum absolute atomic E-state index is 0.0345. The van der Waals surface area contributed by atoms with E-state index in [1.165, 1.54) is 12.3 Å². The lowest BCUT2D eigenvalue weighted by molar-refractivity contribution is -0.00627. The fraction of sp³-hybridized carbons (Fsp3) is 0.467. The number of nitrogens with zero attached hydrogens (tertiary/aromatic N) is 1. The van der Waals surface area contributed by atoms with Gasteiger partial charge in [-0.3, -0.25) is 4.79 Å². The molecule has 4 rings (SSSR count). The average molecular weight is 288 g/mol. The molecule has 2 aromatic heterocycles. The number of aromatic carboxylic acids is 1. The fourth-order valence-electron chi connectivity index (χ4n) is 3.76. The molecule has 0 amide bonds. The number of carboxylic acids is 1. The molecule has 1 aliphatic carbocycles. The first-order chi connectivity index (χ1) is 9.91. The summed E-state index contributed by atoms with van der Waals surface area (Å²) in [7, 11) is 0. The lowest BCUT2D eigenvalue weighted by Crippen LogP contribution is -2.26. The van der Waals surface area contributed by atoms with Crippen molar-refractivity contribution < 1.29 is 14.6 Å². The molecule has 1 saturated carbocycles. The topological polar surface area (TPSA) is 83.8 Å². The van der Waals surface area contributed by atoms with Crippen LogP contribution in [0, 0.1) is 0 Å². The van der Waals surface area contributed by atoms with Crippen molar-refractivity contribution in [1.29, 1.82) is 0 Å². The second-order valence-corrected chi connectivity index (χ2v) is 6.51. The van der Waals surface area contributed by atoms with Gasteiger partial charge in [-0.15, -0.1) is 0 Å². The molecule has 2 aliphatic rings. The summed E-state index contributed by atoms with van der Waals surface area (Å²) in [4.78, 5) is 26.1. The first kappa shape index (κ1) is 12.6. The zero-order chi connectivity index (χ0) is 14.8. The molecule has 6 nitrogen and oxygen atoms in total. The number of pyridine rings is 1. The van der Waals surface area contributed by atoms with Crippen LogP contribution in [0.1, 0.15) is 42.2 Å². The number of H-pyrrole nitrogens is 1. The normalized spacial score (nSPS) is 31.1. The summed E-state index contributed by atoms with van der Waals surface area (Å²) in [6, 6.07) is 1.34. The van der Waals surface area contributed by atoms with Gasteiger partial charge in [0.1, 0.15) is 11.2 Å². The van der Waals surface area contributed by atoms with Crippen LogP contribution in [-0.4, -0.2) is 32.7 Å². The smallest absolute Gasteiger partial charge is 0.341 e. The highest BCUT2D eigenvalue weighted by molar-refractivity contribution is 5.87. The molecule has 0 spiro atoms. The van der Waals surface area contributed by atoms with E-state index in [2.05, 4.69) is 11.9 Å². The molecule has 2 aromatic rings. The van der Waals surface area contributed by atoms with Crippen LogP contribution in [0.2, 0.25) is 0 Å². The van der Waals surface area contributed by atoms with Crippen molar-refractivity contribution in [2.24, 2.45) is 0 Å². The van der Waals surface area contributed by atoms with Crippen molar-refractivity contribution in [3.63, 3.8) is 0 Å². The number of carboxylic acid groups (broad SMARTS) is 1. The maximum atomic E-state index is 11.8. The molecule has 3 heterocycles. The number of nitrogens with one attached hydrogen (secondary N) is 1. The van der Waals surface area contributed by atoms with Gasteiger partial charge in [-0.25, -0.2) is 4.79 Å². The molecule has 0 radical (unpaired) electrons. The number of rotatable bonds is 2. The highest BCUT2D eigenvalue weighted by atomic mass is 16.5. The van der Waals surface area contributed by atoms with Crippen molar-refractivity contribution in [2.75, 3.05) is 6.61 Å². The predicted molar refractivity (Wildman–Crippen MR) is 74.9 cm³/mol. The number of hydrogen-bond donors (Lipinski definition) is 2. The van der Waals surface area contributed by atoms with E-state index in [9.17, 15) is 9.59 Å². The van der Waals surface area contributed by atoms with Gasteiger partial charge in [-0.1, -0.05) is 0 Å². The summed E-state index contributed by atoms with van der Waals surface area (Å²) in [6.45, 7) is 2.81. The van der Waals surface area contributed by atoms with Crippen LogP contribution in [0.3, 0.4) is 0 Å². The fourth-order valence-corrected chi connectivity index (χ4v) is 3.76. The van der Waals surface area contributed by atoms with E-state index < -0.39 is 11.4 Å². The molecule has 1 saturated heterocycles. The van der Waals surface area contributed by atoms with Crippen molar-refractivity contribution >= 4 is 11.6 Å². The SMILES string of the molecule is CC12CCC(c3cn4cc(C(=O)O)c(=O)cc4[nH]3)(CO1)C2. The van der Waals surface area contributed by atoms with Gasteiger partial charge < -0.3 is 19.2 Å². The van der Waals surface area contributed by atoms with E-state index >= 15 is 0 Å². The molecule has 6 heteroatoms. The molecule has 2 atom stereocenters. The minimum atomic E-state index is -1.20. The van der Waals surface area contributed by atoms with Crippen LogP contribution in [0.25, 0.3) is 5.65 Å². The Labute approximate surface area is 120 Å². The predicted octanol–water partition coefficient (Wildman–Crippen LogP) is 1.54. The van der Waals surface area contributed by atoms with E-state index in [1.54, 1.807) is 4.40 Å². The van der Waals surface area contributed by atoms with Crippen molar-refractivity contribution in [3.05, 3.63) is 39.9 Å². The van der Waals surface area contributed by atoms with Crippen molar-refractivity contribution in [3.8, 4) is 0 Å². The van der Waals surface area contributed by atoms with E-state index in [1.807, 2.05) is 6.20 Å². The second-order valence-electron chi connectivity index (χ2n) is 6.51. The highest BCUT2D eigenvalue weighted by Crippen LogP contribution is 2.53. The molecule has 2 fully saturated rings. The number of hydrogen-bond acceptors (Lipinski definition) is 3. The average Bonchev–Trinajstić information content (AvgIpc) is 3.07. The Kier molecular flexibility index (Phi) is 2.27. The van der Waals surface area contributed by atoms with Gasteiger partial charge in [0.05, 0.1) is 12.2 Å². The van der Waals surface area contributed by atoms with E-state index in [-0.39, 0.29) is 16.6 Å². The van der Waals surface area contributed by atoms with E-state index in [0.717, 1.165) is 25.0 Å². The Bertz CT molecular complexity index is 809. The van der Waals surface area contributed by atoms with Gasteiger partial charge in [0.25, 0.3) is 0 Å². The molecule has 0 aromatic carbocycles. The Morgan fingerprint density at radius 1 is 1.43 bits per heavy atom. The number of imidazole rings is 1. The second kappa shape index (κ2) is 3.76. The lowest BCUT2D eigenvalue weighted by atomic mass is 9.84. The third kappa shape index (κ3) is 1.68. The summed E-state index contributed by atoms with van der Waals surface area (Å²) >= 11 is 0. The first-order valence-electron chi connectivity index (χ1n) is 7.04. The molecule has 110 valence electrons. The van der Waals surface area contributed by atoms with Crippen LogP contribution < -0.4 is 5.43 Å². The van der Waals surface area contributed by atoms with Crippen LogP contribution in [0.5, 0.6) is 0 Å². The molecule has 21 heavy (non-hydrogen) atoms. The molecule has 2 bridgehead atoms. The summed E-state index contributed by atoms with van der Waals surface area (Å²) in [5.41, 5.74) is 0.868. The largest absolute Gasteiger partial charge is 0.477 e. The van der Waals surface area contributed by atoms with Crippen LogP contribution in [0.15, 0.2) is 23.3 Å². The third-order valence-corrected chi connectivity index (χ3v) is 4.95. The number of carbonyl (C=O) groups is 1. The van der Waals surface area contributed by atoms with Crippen LogP contribution >= 0.6 is 0 Å². The number of aromatic nitrogens is 2. The molecule has 2 unspecified atom stereocenters. The monoisotopic (exact) mass is 288 g/mol. The molecular formula is C15H16N2O4. The summed E-state index contributed by atoms with van der Waals surface area (Å²) in [5.74, 6) is -1.20. The lowest BCUT2D eigenvalue weighted by Gasteiger charge is -2.25. The maximum absolute atomic E-state index is 11.8. The van der Waals surface area contributed by atoms with E-state index in [4.69, 9.17) is 9.84 Å². The van der Waals surface area contributed by atoms with Crippen molar-refractivity contribution in [2.45, 2.75) is 37.2 Å². The highest BCUT2D eigenvalue weighted by Gasteiger charge is 2.54. The number of ether oxygens (including phenoxy) is 1. The minimum Gasteiger partial charge on any atom is -0.477 e. The van der Waals surface area contributed by atoms with Crippen LogP contribution in [-0.2, 0) is 10.2 Å². The summed E-state index contributed by atoms with van der Waals surface area (Å²) < 4.78 is 7.58. The number of fused-ring (bicyclic) bond motifs is 3. The van der Waals surface area contributed by atoms with Gasteiger partial charge >= 0.3 is 5.97 Å². The Hall–Kier alpha value is -2.08. The number of aromatic amines is 1. The first-order valence-corrected chi connectivity index (χ1v) is 7.04. The van der Waals surface area contributed by atoms with Crippen LogP contribution in [0.4, 0.5) is 0 Å². The maximum Gasteiger partial charge on any atom is 0.341 e.